The van der Waals surface area contributed by atoms with Gasteiger partial charge in [0, 0.05) is 13.3 Å². The first kappa shape index (κ1) is 11.1. The van der Waals surface area contributed by atoms with Crippen LogP contribution in [0.2, 0.25) is 0 Å². The molecule has 3 nitrogen and oxygen atoms in total. The Hall–Kier alpha value is -1.35. The highest BCUT2D eigenvalue weighted by atomic mass is 16.7. The number of carbonyl (C=O) groups excluding carboxylic acids is 1. The first-order valence-electron chi connectivity index (χ1n) is 5.45. The van der Waals surface area contributed by atoms with E-state index < -0.39 is 6.29 Å². The van der Waals surface area contributed by atoms with E-state index in [-0.39, 0.29) is 5.97 Å². The van der Waals surface area contributed by atoms with Crippen molar-refractivity contribution in [3.63, 3.8) is 0 Å². The van der Waals surface area contributed by atoms with E-state index in [1.807, 2.05) is 18.2 Å². The van der Waals surface area contributed by atoms with Crippen LogP contribution >= 0.6 is 0 Å². The van der Waals surface area contributed by atoms with E-state index >= 15 is 0 Å². The third kappa shape index (κ3) is 2.83. The first-order chi connectivity index (χ1) is 7.75. The first-order valence-corrected chi connectivity index (χ1v) is 5.45. The van der Waals surface area contributed by atoms with Gasteiger partial charge in [0.15, 0.2) is 0 Å². The van der Waals surface area contributed by atoms with E-state index in [0.717, 1.165) is 12.8 Å². The second-order valence-corrected chi connectivity index (χ2v) is 3.92. The minimum absolute atomic E-state index is 0.299. The molecule has 1 heterocycles. The molecule has 16 heavy (non-hydrogen) atoms. The fourth-order valence-corrected chi connectivity index (χ4v) is 1.92. The number of ether oxygens (including phenoxy) is 2. The highest BCUT2D eigenvalue weighted by Gasteiger charge is 2.25. The van der Waals surface area contributed by atoms with Crippen molar-refractivity contribution in [2.45, 2.75) is 32.0 Å². The van der Waals surface area contributed by atoms with E-state index in [2.05, 4.69) is 12.1 Å². The molecule has 1 fully saturated rings. The van der Waals surface area contributed by atoms with Gasteiger partial charge in [0.1, 0.15) is 0 Å². The fraction of sp³-hybridized carbons (Fsp3) is 0.385. The molecule has 2 rings (SSSR count). The molecule has 1 radical (unpaired) electrons. The summed E-state index contributed by atoms with van der Waals surface area (Å²) in [6.07, 6.45) is 1.15. The lowest BCUT2D eigenvalue weighted by Crippen LogP contribution is -2.26. The normalized spacial score (nSPS) is 25.1. The lowest BCUT2D eigenvalue weighted by atomic mass is 9.91. The average Bonchev–Trinajstić information content (AvgIpc) is 2.30. The van der Waals surface area contributed by atoms with Gasteiger partial charge >= 0.3 is 5.97 Å². The number of carbonyl (C=O) groups is 1. The predicted molar refractivity (Wildman–Crippen MR) is 59.4 cm³/mol. The Morgan fingerprint density at radius 3 is 2.81 bits per heavy atom. The van der Waals surface area contributed by atoms with Crippen molar-refractivity contribution in [2.75, 3.05) is 0 Å². The predicted octanol–water partition coefficient (Wildman–Crippen LogP) is 2.63. The third-order valence-corrected chi connectivity index (χ3v) is 2.67. The summed E-state index contributed by atoms with van der Waals surface area (Å²) in [5, 5.41) is 0. The number of benzene rings is 1. The second-order valence-electron chi connectivity index (χ2n) is 3.92. The fourth-order valence-electron chi connectivity index (χ4n) is 1.92. The van der Waals surface area contributed by atoms with Gasteiger partial charge in [-0.1, -0.05) is 30.3 Å². The summed E-state index contributed by atoms with van der Waals surface area (Å²) in [4.78, 5) is 10.8. The summed E-state index contributed by atoms with van der Waals surface area (Å²) >= 11 is 0. The molecule has 3 heteroatoms. The summed E-state index contributed by atoms with van der Waals surface area (Å²) in [5.74, 6) is 0.0754. The molecule has 0 spiro atoms. The Balaban J connectivity index is 1.99. The maximum atomic E-state index is 10.8. The molecule has 1 aromatic rings. The van der Waals surface area contributed by atoms with E-state index in [9.17, 15) is 4.79 Å². The summed E-state index contributed by atoms with van der Waals surface area (Å²) in [7, 11) is 0. The van der Waals surface area contributed by atoms with Crippen molar-refractivity contribution in [1.29, 1.82) is 0 Å². The summed E-state index contributed by atoms with van der Waals surface area (Å²) in [6.45, 7) is 3.13. The highest BCUT2D eigenvalue weighted by molar-refractivity contribution is 5.66. The molecule has 0 N–H and O–H groups in total. The van der Waals surface area contributed by atoms with Gasteiger partial charge in [0.2, 0.25) is 6.29 Å². The molecule has 85 valence electrons. The van der Waals surface area contributed by atoms with Gasteiger partial charge in [-0.05, 0) is 17.9 Å². The van der Waals surface area contributed by atoms with Crippen molar-refractivity contribution in [3.8, 4) is 0 Å². The van der Waals surface area contributed by atoms with Crippen LogP contribution in [0.1, 0.15) is 31.2 Å². The van der Waals surface area contributed by atoms with E-state index in [1.165, 1.54) is 12.5 Å². The number of esters is 1. The Labute approximate surface area is 95.4 Å². The SMILES string of the molecule is CC(=O)OC1CC(c2ccccc2)C[CH]O1. The van der Waals surface area contributed by atoms with Gasteiger partial charge < -0.3 is 9.47 Å². The van der Waals surface area contributed by atoms with Gasteiger partial charge in [-0.3, -0.25) is 4.79 Å². The van der Waals surface area contributed by atoms with Crippen LogP contribution in [0.3, 0.4) is 0 Å². The lowest BCUT2D eigenvalue weighted by Gasteiger charge is -2.28. The zero-order chi connectivity index (χ0) is 11.4. The van der Waals surface area contributed by atoms with E-state index in [0.29, 0.717) is 5.92 Å². The van der Waals surface area contributed by atoms with Crippen molar-refractivity contribution in [3.05, 3.63) is 42.5 Å². The van der Waals surface area contributed by atoms with Crippen LogP contribution in [0.25, 0.3) is 0 Å². The van der Waals surface area contributed by atoms with E-state index in [4.69, 9.17) is 9.47 Å². The molecule has 0 aromatic heterocycles. The second kappa shape index (κ2) is 5.12. The van der Waals surface area contributed by atoms with Crippen LogP contribution in [-0.2, 0) is 14.3 Å². The molecular weight excluding hydrogens is 204 g/mol. The molecule has 1 aliphatic rings. The average molecular weight is 219 g/mol. The topological polar surface area (TPSA) is 35.5 Å². The van der Waals surface area contributed by atoms with Crippen LogP contribution < -0.4 is 0 Å². The molecule has 0 aliphatic carbocycles. The highest BCUT2D eigenvalue weighted by Crippen LogP contribution is 2.31. The number of rotatable bonds is 2. The lowest BCUT2D eigenvalue weighted by molar-refractivity contribution is -0.176. The van der Waals surface area contributed by atoms with Crippen LogP contribution in [0.4, 0.5) is 0 Å². The van der Waals surface area contributed by atoms with Crippen molar-refractivity contribution < 1.29 is 14.3 Å². The molecule has 2 unspecified atom stereocenters. The quantitative estimate of drug-likeness (QED) is 0.717. The molecule has 0 bridgehead atoms. The Morgan fingerprint density at radius 2 is 2.12 bits per heavy atom. The van der Waals surface area contributed by atoms with Gasteiger partial charge in [0.25, 0.3) is 0 Å². The zero-order valence-corrected chi connectivity index (χ0v) is 9.26. The van der Waals surface area contributed by atoms with Gasteiger partial charge in [-0.2, -0.15) is 0 Å². The zero-order valence-electron chi connectivity index (χ0n) is 9.26. The molecule has 1 aromatic carbocycles. The Kier molecular flexibility index (Phi) is 3.57. The number of hydrogen-bond acceptors (Lipinski definition) is 3. The summed E-state index contributed by atoms with van der Waals surface area (Å²) in [6, 6.07) is 10.2. The monoisotopic (exact) mass is 219 g/mol. The van der Waals surface area contributed by atoms with Crippen molar-refractivity contribution in [1.82, 2.24) is 0 Å². The van der Waals surface area contributed by atoms with Crippen molar-refractivity contribution in [2.24, 2.45) is 0 Å². The Bertz CT molecular complexity index is 347. The van der Waals surface area contributed by atoms with Gasteiger partial charge in [-0.25, -0.2) is 0 Å². The Morgan fingerprint density at radius 1 is 1.38 bits per heavy atom. The molecule has 1 saturated heterocycles. The summed E-state index contributed by atoms with van der Waals surface area (Å²) < 4.78 is 10.3. The minimum Gasteiger partial charge on any atom is -0.436 e. The van der Waals surface area contributed by atoms with Gasteiger partial charge in [0.05, 0.1) is 6.61 Å². The standard InChI is InChI=1S/C13H15O3/c1-10(14)16-13-9-12(7-8-15-13)11-5-3-2-4-6-11/h2-6,8,12-13H,7,9H2,1H3. The maximum absolute atomic E-state index is 10.8. The molecule has 2 atom stereocenters. The molecule has 0 saturated carbocycles. The maximum Gasteiger partial charge on any atom is 0.304 e. The molecular formula is C13H15O3. The minimum atomic E-state index is -0.434. The van der Waals surface area contributed by atoms with Crippen LogP contribution in [0, 0.1) is 6.61 Å². The largest absolute Gasteiger partial charge is 0.436 e. The molecule has 1 aliphatic heterocycles. The van der Waals surface area contributed by atoms with Crippen LogP contribution in [-0.4, -0.2) is 12.3 Å². The van der Waals surface area contributed by atoms with Crippen molar-refractivity contribution >= 4 is 5.97 Å². The number of hydrogen-bond donors (Lipinski definition) is 0. The third-order valence-electron chi connectivity index (χ3n) is 2.67. The summed E-state index contributed by atoms with van der Waals surface area (Å²) in [5.41, 5.74) is 1.26. The smallest absolute Gasteiger partial charge is 0.304 e. The van der Waals surface area contributed by atoms with Gasteiger partial charge in [-0.15, -0.1) is 0 Å². The molecule has 0 amide bonds. The van der Waals surface area contributed by atoms with Crippen LogP contribution in [0.15, 0.2) is 30.3 Å². The van der Waals surface area contributed by atoms with E-state index in [1.54, 1.807) is 6.61 Å². The van der Waals surface area contributed by atoms with Crippen LogP contribution in [0.5, 0.6) is 0 Å².